The van der Waals surface area contributed by atoms with Crippen LogP contribution in [-0.4, -0.2) is 16.2 Å². The predicted octanol–water partition coefficient (Wildman–Crippen LogP) is 1.46. The fraction of sp³-hybridized carbons (Fsp3) is 0.571. The number of aryl methyl sites for hydroxylation is 1. The van der Waals surface area contributed by atoms with Gasteiger partial charge in [-0.2, -0.15) is 0 Å². The molecule has 0 aliphatic heterocycles. The molecule has 2 nitrogen and oxygen atoms in total. The van der Waals surface area contributed by atoms with Crippen LogP contribution in [0.15, 0.2) is 10.9 Å². The molecule has 0 spiro atoms. The predicted molar refractivity (Wildman–Crippen MR) is 42.1 cm³/mol. The highest BCUT2D eigenvalue weighted by atomic mass is 32.1. The summed E-state index contributed by atoms with van der Waals surface area (Å²) in [6, 6.07) is 0. The summed E-state index contributed by atoms with van der Waals surface area (Å²) in [5.41, 5.74) is 2.91. The Hall–Kier alpha value is -0.410. The second-order valence-corrected chi connectivity index (χ2v) is 3.09. The van der Waals surface area contributed by atoms with Crippen molar-refractivity contribution < 1.29 is 5.11 Å². The highest BCUT2D eigenvalue weighted by Gasteiger charge is 1.97. The molecule has 0 aliphatic rings. The number of aliphatic hydroxyl groups excluding tert-OH is 1. The van der Waals surface area contributed by atoms with Crippen molar-refractivity contribution in [3.05, 3.63) is 16.6 Å². The summed E-state index contributed by atoms with van der Waals surface area (Å²) in [4.78, 5) is 4.10. The molecule has 3 heteroatoms. The molecule has 0 bridgehead atoms. The quantitative estimate of drug-likeness (QED) is 0.720. The van der Waals surface area contributed by atoms with Crippen LogP contribution in [0.2, 0.25) is 0 Å². The Morgan fingerprint density at radius 2 is 2.60 bits per heavy atom. The van der Waals surface area contributed by atoms with Gasteiger partial charge >= 0.3 is 0 Å². The lowest BCUT2D eigenvalue weighted by Crippen LogP contribution is -2.01. The number of nitrogens with zero attached hydrogens (tertiary/aromatic N) is 1. The summed E-state index contributed by atoms with van der Waals surface area (Å²) in [5.74, 6) is 0. The van der Waals surface area contributed by atoms with Crippen molar-refractivity contribution in [3.63, 3.8) is 0 Å². The largest absolute Gasteiger partial charge is 0.393 e. The third-order valence-electron chi connectivity index (χ3n) is 1.30. The van der Waals surface area contributed by atoms with Crippen LogP contribution in [0.4, 0.5) is 0 Å². The fourth-order valence-electron chi connectivity index (χ4n) is 0.718. The number of hydrogen-bond donors (Lipinski definition) is 1. The zero-order chi connectivity index (χ0) is 7.40. The van der Waals surface area contributed by atoms with Crippen molar-refractivity contribution in [2.45, 2.75) is 25.9 Å². The summed E-state index contributed by atoms with van der Waals surface area (Å²) in [6.45, 7) is 1.80. The van der Waals surface area contributed by atoms with E-state index < -0.39 is 0 Å². The van der Waals surface area contributed by atoms with Gasteiger partial charge in [0, 0.05) is 5.38 Å². The van der Waals surface area contributed by atoms with E-state index in [1.165, 1.54) is 0 Å². The molecule has 0 aliphatic carbocycles. The maximum atomic E-state index is 8.93. The molecule has 0 saturated carbocycles. The molecule has 0 aromatic carbocycles. The van der Waals surface area contributed by atoms with Gasteiger partial charge in [0.25, 0.3) is 0 Å². The van der Waals surface area contributed by atoms with Crippen LogP contribution in [0.3, 0.4) is 0 Å². The van der Waals surface area contributed by atoms with Crippen LogP contribution in [0.25, 0.3) is 0 Å². The molecule has 1 aromatic rings. The number of thiazole rings is 1. The lowest BCUT2D eigenvalue weighted by molar-refractivity contribution is 0.184. The van der Waals surface area contributed by atoms with Gasteiger partial charge in [-0.1, -0.05) is 0 Å². The molecule has 1 rings (SSSR count). The number of aliphatic hydroxyl groups is 1. The van der Waals surface area contributed by atoms with E-state index in [2.05, 4.69) is 4.98 Å². The Kier molecular flexibility index (Phi) is 2.83. The molecule has 1 atom stereocenters. The van der Waals surface area contributed by atoms with Gasteiger partial charge < -0.3 is 5.11 Å². The van der Waals surface area contributed by atoms with Crippen molar-refractivity contribution in [1.29, 1.82) is 0 Å². The summed E-state index contributed by atoms with van der Waals surface area (Å²) in [6.07, 6.45) is 1.49. The van der Waals surface area contributed by atoms with Crippen LogP contribution in [-0.2, 0) is 6.42 Å². The molecule has 0 amide bonds. The van der Waals surface area contributed by atoms with Gasteiger partial charge in [0.1, 0.15) is 0 Å². The Balaban J connectivity index is 2.28. The first-order valence-electron chi connectivity index (χ1n) is 3.34. The molecule has 56 valence electrons. The van der Waals surface area contributed by atoms with E-state index in [0.29, 0.717) is 0 Å². The van der Waals surface area contributed by atoms with Gasteiger partial charge in [-0.3, -0.25) is 0 Å². The maximum Gasteiger partial charge on any atom is 0.0794 e. The number of hydrogen-bond acceptors (Lipinski definition) is 3. The normalized spacial score (nSPS) is 13.4. The monoisotopic (exact) mass is 157 g/mol. The first-order valence-corrected chi connectivity index (χ1v) is 4.28. The first kappa shape index (κ1) is 7.69. The molecule has 0 unspecified atom stereocenters. The molecule has 1 aromatic heterocycles. The van der Waals surface area contributed by atoms with Crippen LogP contribution >= 0.6 is 11.3 Å². The standard InChI is InChI=1S/C7H11NOS/c1-6(9)2-3-7-4-10-5-8-7/h4-6,9H,2-3H2,1H3/t6-/m1/s1. The van der Waals surface area contributed by atoms with E-state index in [0.717, 1.165) is 18.5 Å². The minimum Gasteiger partial charge on any atom is -0.393 e. The van der Waals surface area contributed by atoms with Gasteiger partial charge in [0.2, 0.25) is 0 Å². The lowest BCUT2D eigenvalue weighted by atomic mass is 10.2. The van der Waals surface area contributed by atoms with Crippen molar-refractivity contribution in [1.82, 2.24) is 4.98 Å². The molecule has 0 fully saturated rings. The van der Waals surface area contributed by atoms with Crippen molar-refractivity contribution in [3.8, 4) is 0 Å². The second-order valence-electron chi connectivity index (χ2n) is 2.37. The van der Waals surface area contributed by atoms with E-state index in [9.17, 15) is 0 Å². The van der Waals surface area contributed by atoms with Crippen LogP contribution in [0, 0.1) is 0 Å². The zero-order valence-corrected chi connectivity index (χ0v) is 6.77. The third-order valence-corrected chi connectivity index (χ3v) is 1.94. The topological polar surface area (TPSA) is 33.1 Å². The Labute approximate surface area is 64.5 Å². The molecule has 0 radical (unpaired) electrons. The van der Waals surface area contributed by atoms with Crippen molar-refractivity contribution in [2.75, 3.05) is 0 Å². The van der Waals surface area contributed by atoms with Crippen LogP contribution in [0.5, 0.6) is 0 Å². The van der Waals surface area contributed by atoms with Crippen molar-refractivity contribution >= 4 is 11.3 Å². The molecule has 0 saturated heterocycles. The van der Waals surface area contributed by atoms with Crippen molar-refractivity contribution in [2.24, 2.45) is 0 Å². The van der Waals surface area contributed by atoms with E-state index in [1.807, 2.05) is 10.9 Å². The highest BCUT2D eigenvalue weighted by molar-refractivity contribution is 7.07. The maximum absolute atomic E-state index is 8.93. The summed E-state index contributed by atoms with van der Waals surface area (Å²) < 4.78 is 0. The summed E-state index contributed by atoms with van der Waals surface area (Å²) in [7, 11) is 0. The molecular formula is C7H11NOS. The second kappa shape index (κ2) is 3.68. The fourth-order valence-corrected chi connectivity index (χ4v) is 1.31. The average Bonchev–Trinajstić information content (AvgIpc) is 2.34. The minimum absolute atomic E-state index is 0.207. The number of rotatable bonds is 3. The van der Waals surface area contributed by atoms with E-state index >= 15 is 0 Å². The van der Waals surface area contributed by atoms with Gasteiger partial charge in [-0.05, 0) is 19.8 Å². The number of aromatic nitrogens is 1. The summed E-state index contributed by atoms with van der Waals surface area (Å²) in [5, 5.41) is 10.9. The Morgan fingerprint density at radius 3 is 3.10 bits per heavy atom. The van der Waals surface area contributed by atoms with Crippen LogP contribution < -0.4 is 0 Å². The van der Waals surface area contributed by atoms with Crippen LogP contribution in [0.1, 0.15) is 19.0 Å². The van der Waals surface area contributed by atoms with Gasteiger partial charge in [0.05, 0.1) is 17.3 Å². The van der Waals surface area contributed by atoms with E-state index in [-0.39, 0.29) is 6.10 Å². The highest BCUT2D eigenvalue weighted by Crippen LogP contribution is 2.05. The van der Waals surface area contributed by atoms with Gasteiger partial charge in [-0.25, -0.2) is 4.98 Å². The lowest BCUT2D eigenvalue weighted by Gasteiger charge is -1.99. The SMILES string of the molecule is C[C@@H](O)CCc1cscn1. The average molecular weight is 157 g/mol. The zero-order valence-electron chi connectivity index (χ0n) is 5.95. The van der Waals surface area contributed by atoms with E-state index in [4.69, 9.17) is 5.11 Å². The molecule has 1 heterocycles. The van der Waals surface area contributed by atoms with Gasteiger partial charge in [-0.15, -0.1) is 11.3 Å². The molecule has 1 N–H and O–H groups in total. The molecular weight excluding hydrogens is 146 g/mol. The Bertz CT molecular complexity index is 172. The third kappa shape index (κ3) is 2.45. The minimum atomic E-state index is -0.207. The Morgan fingerprint density at radius 1 is 1.80 bits per heavy atom. The molecule has 10 heavy (non-hydrogen) atoms. The summed E-state index contributed by atoms with van der Waals surface area (Å²) >= 11 is 1.60. The first-order chi connectivity index (χ1) is 4.79. The van der Waals surface area contributed by atoms with E-state index in [1.54, 1.807) is 18.3 Å². The van der Waals surface area contributed by atoms with Gasteiger partial charge in [0.15, 0.2) is 0 Å². The smallest absolute Gasteiger partial charge is 0.0794 e.